The van der Waals surface area contributed by atoms with E-state index in [2.05, 4.69) is 53.5 Å². The second-order valence-corrected chi connectivity index (χ2v) is 14.2. The van der Waals surface area contributed by atoms with Crippen molar-refractivity contribution in [3.8, 4) is 5.75 Å². The van der Waals surface area contributed by atoms with E-state index < -0.39 is 29.3 Å². The van der Waals surface area contributed by atoms with E-state index in [1.807, 2.05) is 0 Å². The van der Waals surface area contributed by atoms with Gasteiger partial charge in [-0.05, 0) is 67.7 Å². The lowest BCUT2D eigenvalue weighted by Gasteiger charge is -2.49. The molecule has 2 aromatic heterocycles. The van der Waals surface area contributed by atoms with Crippen LogP contribution in [0.25, 0.3) is 10.2 Å². The van der Waals surface area contributed by atoms with Crippen LogP contribution in [-0.2, 0) is 9.47 Å². The zero-order chi connectivity index (χ0) is 35.4. The summed E-state index contributed by atoms with van der Waals surface area (Å²) in [6.45, 7) is 11.6. The third-order valence-corrected chi connectivity index (χ3v) is 9.90. The van der Waals surface area contributed by atoms with Crippen LogP contribution in [0.5, 0.6) is 5.75 Å². The van der Waals surface area contributed by atoms with Crippen molar-refractivity contribution in [2.24, 2.45) is 17.8 Å². The number of aromatic nitrogens is 3. The number of ether oxygens (including phenoxy) is 3. The first kappa shape index (κ1) is 37.3. The van der Waals surface area contributed by atoms with Crippen LogP contribution in [0.3, 0.4) is 0 Å². The third-order valence-electron chi connectivity index (χ3n) is 8.71. The van der Waals surface area contributed by atoms with E-state index in [0.29, 0.717) is 21.9 Å². The summed E-state index contributed by atoms with van der Waals surface area (Å²) in [4.78, 5) is 30.8. The number of carbonyl (C=O) groups excluding carboxylic acids is 2. The molecular formula is C33H41ClF3N5O5S. The minimum absolute atomic E-state index is 0.00540. The molecular weight excluding hydrogens is 671 g/mol. The number of thiazole rings is 1. The average molecular weight is 712 g/mol. The van der Waals surface area contributed by atoms with Gasteiger partial charge in [0.05, 0.1) is 33.4 Å². The van der Waals surface area contributed by atoms with Gasteiger partial charge >= 0.3 is 6.18 Å². The number of benzene rings is 1. The zero-order valence-electron chi connectivity index (χ0n) is 28.0. The summed E-state index contributed by atoms with van der Waals surface area (Å²) in [7, 11) is 3.20. The van der Waals surface area contributed by atoms with Gasteiger partial charge in [-0.1, -0.05) is 45.7 Å². The normalized spacial score (nSPS) is 16.9. The van der Waals surface area contributed by atoms with Crippen molar-refractivity contribution in [2.75, 3.05) is 32.8 Å². The molecule has 0 spiro atoms. The Labute approximate surface area is 286 Å². The number of halogens is 4. The van der Waals surface area contributed by atoms with Gasteiger partial charge in [-0.15, -0.1) is 21.5 Å². The van der Waals surface area contributed by atoms with Crippen molar-refractivity contribution in [3.63, 3.8) is 0 Å². The molecule has 3 aromatic rings. The fourth-order valence-corrected chi connectivity index (χ4v) is 7.05. The second kappa shape index (κ2) is 15.4. The van der Waals surface area contributed by atoms with E-state index >= 15 is 0 Å². The van der Waals surface area contributed by atoms with E-state index in [4.69, 9.17) is 25.8 Å². The minimum atomic E-state index is -4.58. The number of alkyl halides is 3. The Bertz CT molecular complexity index is 1670. The Morgan fingerprint density at radius 1 is 1.12 bits per heavy atom. The molecule has 1 fully saturated rings. The van der Waals surface area contributed by atoms with Crippen molar-refractivity contribution >= 4 is 50.8 Å². The van der Waals surface area contributed by atoms with Crippen molar-refractivity contribution in [1.29, 1.82) is 0 Å². The number of nitrogens with one attached hydrogen (secondary N) is 2. The van der Waals surface area contributed by atoms with Crippen molar-refractivity contribution in [1.82, 2.24) is 20.5 Å². The maximum absolute atomic E-state index is 13.3. The van der Waals surface area contributed by atoms with Crippen LogP contribution in [-0.4, -0.2) is 66.1 Å². The lowest BCUT2D eigenvalue weighted by Crippen LogP contribution is -2.61. The van der Waals surface area contributed by atoms with Gasteiger partial charge in [0, 0.05) is 13.7 Å². The molecule has 48 heavy (non-hydrogen) atoms. The highest BCUT2D eigenvalue weighted by molar-refractivity contribution is 7.19. The first-order valence-electron chi connectivity index (χ1n) is 15.6. The fraction of sp³-hybridized carbons (Fsp3) is 0.545. The number of methoxy groups -OCH3 is 2. The van der Waals surface area contributed by atoms with Crippen LogP contribution in [0.1, 0.15) is 79.1 Å². The molecule has 2 bridgehead atoms. The van der Waals surface area contributed by atoms with Gasteiger partial charge in [-0.25, -0.2) is 4.98 Å². The maximum atomic E-state index is 13.3. The van der Waals surface area contributed by atoms with Crippen LogP contribution in [0.15, 0.2) is 29.5 Å². The van der Waals surface area contributed by atoms with Crippen molar-refractivity contribution < 1.29 is 37.0 Å². The molecule has 262 valence electrons. The fourth-order valence-electron chi connectivity index (χ4n) is 5.95. The summed E-state index contributed by atoms with van der Waals surface area (Å²) < 4.78 is 55.0. The maximum Gasteiger partial charge on any atom is 0.448 e. The zero-order valence-corrected chi connectivity index (χ0v) is 29.6. The van der Waals surface area contributed by atoms with Crippen LogP contribution in [0.2, 0.25) is 5.15 Å². The molecule has 2 aliphatic heterocycles. The van der Waals surface area contributed by atoms with Gasteiger partial charge < -0.3 is 24.8 Å². The Morgan fingerprint density at radius 2 is 1.83 bits per heavy atom. The largest absolute Gasteiger partial charge is 0.496 e. The number of hydrogen-bond donors (Lipinski definition) is 2. The van der Waals surface area contributed by atoms with Crippen LogP contribution < -0.4 is 15.4 Å². The highest BCUT2D eigenvalue weighted by Gasteiger charge is 2.54. The summed E-state index contributed by atoms with van der Waals surface area (Å²) >= 11 is 7.25. The van der Waals surface area contributed by atoms with E-state index in [9.17, 15) is 22.8 Å². The Morgan fingerprint density at radius 3 is 2.42 bits per heavy atom. The SMILES string of the molecule is CCC(C)C(C)CC(C)COC.COc1ccc2nc(C)sc2c1C(=O)Nc1nnc(Cl)cc1C(=O)NC12COC(C(F)(F)F)=C(C1)C2. The molecule has 6 rings (SSSR count). The van der Waals surface area contributed by atoms with Gasteiger partial charge in [-0.3, -0.25) is 9.59 Å². The monoisotopic (exact) mass is 711 g/mol. The van der Waals surface area contributed by atoms with E-state index in [1.54, 1.807) is 26.2 Å². The molecule has 0 radical (unpaired) electrons. The quantitative estimate of drug-likeness (QED) is 0.207. The van der Waals surface area contributed by atoms with E-state index in [1.165, 1.54) is 37.4 Å². The van der Waals surface area contributed by atoms with Gasteiger partial charge in [0.2, 0.25) is 0 Å². The Hall–Kier alpha value is -3.49. The molecule has 1 saturated carbocycles. The van der Waals surface area contributed by atoms with Crippen LogP contribution >= 0.6 is 22.9 Å². The summed E-state index contributed by atoms with van der Waals surface area (Å²) in [6, 6.07) is 4.55. The van der Waals surface area contributed by atoms with Gasteiger partial charge in [0.15, 0.2) is 16.7 Å². The number of fused-ring (bicyclic) bond motifs is 3. The number of amides is 2. The molecule has 4 heterocycles. The van der Waals surface area contributed by atoms with Crippen molar-refractivity contribution in [2.45, 2.75) is 72.0 Å². The molecule has 1 aromatic carbocycles. The standard InChI is InChI=1S/C22H17ClF3N5O4S.C11H24O/c1-9-27-12-3-4-13(34-2)15(16(12)36-9)20(33)28-18-11(5-14(23)30-31-18)19(32)29-21-6-10(7-21)17(35-8-21)22(24,25)26;1-6-10(3)11(4)7-9(2)8-12-5/h3-5H,6-8H2,1-2H3,(H,29,32)(H,28,31,33);9-11H,6-8H2,1-5H3. The summed E-state index contributed by atoms with van der Waals surface area (Å²) in [5.74, 6) is 0.198. The number of nitrogens with zero attached hydrogens (tertiary/aromatic N) is 3. The van der Waals surface area contributed by atoms with Gasteiger partial charge in [-0.2, -0.15) is 13.2 Å². The number of anilines is 1. The lowest BCUT2D eigenvalue weighted by atomic mass is 9.70. The molecule has 10 nitrogen and oxygen atoms in total. The summed E-state index contributed by atoms with van der Waals surface area (Å²) in [5, 5.41) is 13.5. The first-order chi connectivity index (χ1) is 22.6. The van der Waals surface area contributed by atoms with E-state index in [-0.39, 0.29) is 47.1 Å². The van der Waals surface area contributed by atoms with Crippen LogP contribution in [0.4, 0.5) is 19.0 Å². The van der Waals surface area contributed by atoms with Gasteiger partial charge in [0.25, 0.3) is 11.8 Å². The smallest absolute Gasteiger partial charge is 0.448 e. The molecule has 2 N–H and O–H groups in total. The average Bonchev–Trinajstić information content (AvgIpc) is 3.40. The molecule has 2 amide bonds. The highest BCUT2D eigenvalue weighted by atomic mass is 35.5. The Kier molecular flexibility index (Phi) is 12.0. The summed E-state index contributed by atoms with van der Waals surface area (Å²) in [6.07, 6.45) is -1.98. The molecule has 3 unspecified atom stereocenters. The number of carbonyl (C=O) groups is 2. The number of aryl methyl sites for hydroxylation is 1. The van der Waals surface area contributed by atoms with Crippen LogP contribution in [0, 0.1) is 24.7 Å². The first-order valence-corrected chi connectivity index (χ1v) is 16.8. The third kappa shape index (κ3) is 8.56. The number of hydrogen-bond acceptors (Lipinski definition) is 9. The van der Waals surface area contributed by atoms with E-state index in [0.717, 1.165) is 23.5 Å². The topological polar surface area (TPSA) is 125 Å². The lowest BCUT2D eigenvalue weighted by molar-refractivity contribution is -0.147. The molecule has 3 atom stereocenters. The molecule has 0 saturated heterocycles. The number of rotatable bonds is 11. The predicted octanol–water partition coefficient (Wildman–Crippen LogP) is 7.76. The number of allylic oxidation sites excluding steroid dienone is 1. The Balaban J connectivity index is 0.000000371. The second-order valence-electron chi connectivity index (χ2n) is 12.6. The molecule has 1 aliphatic carbocycles. The molecule has 15 heteroatoms. The van der Waals surface area contributed by atoms with Crippen molar-refractivity contribution in [3.05, 3.63) is 50.8 Å². The minimum Gasteiger partial charge on any atom is -0.496 e. The van der Waals surface area contributed by atoms with Gasteiger partial charge in [0.1, 0.15) is 17.9 Å². The summed E-state index contributed by atoms with van der Waals surface area (Å²) in [5.41, 5.74) is -0.201. The highest BCUT2D eigenvalue weighted by Crippen LogP contribution is 2.48. The predicted molar refractivity (Wildman–Crippen MR) is 179 cm³/mol. The molecule has 3 aliphatic rings.